The molecule has 0 saturated carbocycles. The molecule has 19 heavy (non-hydrogen) atoms. The van der Waals surface area contributed by atoms with Gasteiger partial charge in [-0.1, -0.05) is 0 Å². The van der Waals surface area contributed by atoms with Crippen molar-refractivity contribution in [1.82, 2.24) is 4.90 Å². The number of piperidine rings is 1. The van der Waals surface area contributed by atoms with Gasteiger partial charge in [-0.25, -0.2) is 8.78 Å². The molecule has 1 unspecified atom stereocenters. The van der Waals surface area contributed by atoms with Gasteiger partial charge in [0.2, 0.25) is 0 Å². The number of halogens is 2. The lowest BCUT2D eigenvalue weighted by Crippen LogP contribution is -2.42. The van der Waals surface area contributed by atoms with E-state index >= 15 is 0 Å². The van der Waals surface area contributed by atoms with Crippen molar-refractivity contribution in [2.24, 2.45) is 11.7 Å². The van der Waals surface area contributed by atoms with Crippen LogP contribution in [0.1, 0.15) is 30.1 Å². The van der Waals surface area contributed by atoms with Crippen molar-refractivity contribution in [3.8, 4) is 0 Å². The topological polar surface area (TPSA) is 46.3 Å². The molecule has 0 radical (unpaired) electrons. The molecule has 104 valence electrons. The molecule has 0 bridgehead atoms. The number of hydrogen-bond acceptors (Lipinski definition) is 2. The number of likely N-dealkylation sites (tertiary alicyclic amines) is 1. The Morgan fingerprint density at radius 3 is 2.26 bits per heavy atom. The summed E-state index contributed by atoms with van der Waals surface area (Å²) in [7, 11) is 0. The van der Waals surface area contributed by atoms with Crippen LogP contribution in [0.25, 0.3) is 0 Å². The Morgan fingerprint density at radius 1 is 1.26 bits per heavy atom. The Labute approximate surface area is 111 Å². The molecule has 1 heterocycles. The van der Waals surface area contributed by atoms with E-state index in [-0.39, 0.29) is 17.5 Å². The van der Waals surface area contributed by atoms with E-state index in [1.165, 1.54) is 0 Å². The maximum Gasteiger partial charge on any atom is 0.254 e. The lowest BCUT2D eigenvalue weighted by atomic mass is 9.90. The van der Waals surface area contributed by atoms with Crippen LogP contribution in [-0.4, -0.2) is 29.9 Å². The number of amides is 1. The van der Waals surface area contributed by atoms with Crippen LogP contribution in [-0.2, 0) is 0 Å². The Kier molecular flexibility index (Phi) is 4.14. The van der Waals surface area contributed by atoms with Gasteiger partial charge in [-0.3, -0.25) is 4.79 Å². The summed E-state index contributed by atoms with van der Waals surface area (Å²) in [5, 5.41) is 0. The van der Waals surface area contributed by atoms with Gasteiger partial charge in [0, 0.05) is 30.8 Å². The standard InChI is InChI=1S/C14H18F2N2O/c1-9(17)10-2-4-18(5-3-10)14(19)11-6-12(15)8-13(16)7-11/h6-10H,2-5,17H2,1H3. The first kappa shape index (κ1) is 13.9. The smallest absolute Gasteiger partial charge is 0.254 e. The molecule has 1 saturated heterocycles. The van der Waals surface area contributed by atoms with Gasteiger partial charge in [-0.05, 0) is 37.8 Å². The largest absolute Gasteiger partial charge is 0.339 e. The normalized spacial score (nSPS) is 18.4. The second kappa shape index (κ2) is 5.65. The summed E-state index contributed by atoms with van der Waals surface area (Å²) < 4.78 is 26.2. The number of benzene rings is 1. The third kappa shape index (κ3) is 3.29. The quantitative estimate of drug-likeness (QED) is 0.893. The zero-order chi connectivity index (χ0) is 14.0. The summed E-state index contributed by atoms with van der Waals surface area (Å²) in [5.41, 5.74) is 5.90. The predicted molar refractivity (Wildman–Crippen MR) is 68.6 cm³/mol. The van der Waals surface area contributed by atoms with Crippen LogP contribution in [0.15, 0.2) is 18.2 Å². The summed E-state index contributed by atoms with van der Waals surface area (Å²) in [4.78, 5) is 13.8. The van der Waals surface area contributed by atoms with E-state index in [4.69, 9.17) is 5.73 Å². The van der Waals surface area contributed by atoms with Crippen molar-refractivity contribution < 1.29 is 13.6 Å². The Morgan fingerprint density at radius 2 is 1.79 bits per heavy atom. The van der Waals surface area contributed by atoms with Crippen LogP contribution in [0.5, 0.6) is 0 Å². The summed E-state index contributed by atoms with van der Waals surface area (Å²) in [5.74, 6) is -1.36. The minimum atomic E-state index is -0.728. The Hall–Kier alpha value is -1.49. The summed E-state index contributed by atoms with van der Waals surface area (Å²) in [6.07, 6.45) is 1.67. The van der Waals surface area contributed by atoms with Gasteiger partial charge < -0.3 is 10.6 Å². The molecule has 0 aromatic heterocycles. The van der Waals surface area contributed by atoms with Crippen molar-refractivity contribution >= 4 is 5.91 Å². The van der Waals surface area contributed by atoms with E-state index in [0.29, 0.717) is 19.0 Å². The zero-order valence-electron chi connectivity index (χ0n) is 10.9. The molecular formula is C14H18F2N2O. The lowest BCUT2D eigenvalue weighted by molar-refractivity contribution is 0.0680. The summed E-state index contributed by atoms with van der Waals surface area (Å²) in [6, 6.07) is 3.02. The molecule has 1 aliphatic heterocycles. The van der Waals surface area contributed by atoms with Crippen LogP contribution >= 0.6 is 0 Å². The van der Waals surface area contributed by atoms with E-state index in [1.54, 1.807) is 4.90 Å². The Balaban J connectivity index is 2.05. The highest BCUT2D eigenvalue weighted by atomic mass is 19.1. The highest BCUT2D eigenvalue weighted by Crippen LogP contribution is 2.21. The molecule has 1 aromatic rings. The maximum absolute atomic E-state index is 13.1. The van der Waals surface area contributed by atoms with Crippen LogP contribution in [0.4, 0.5) is 8.78 Å². The zero-order valence-corrected chi connectivity index (χ0v) is 10.9. The molecule has 2 N–H and O–H groups in total. The van der Waals surface area contributed by atoms with E-state index in [9.17, 15) is 13.6 Å². The van der Waals surface area contributed by atoms with Gasteiger partial charge in [-0.15, -0.1) is 0 Å². The summed E-state index contributed by atoms with van der Waals surface area (Å²) >= 11 is 0. The second-order valence-corrected chi connectivity index (χ2v) is 5.15. The molecule has 2 rings (SSSR count). The van der Waals surface area contributed by atoms with Gasteiger partial charge in [0.05, 0.1) is 0 Å². The fourth-order valence-corrected chi connectivity index (χ4v) is 2.49. The van der Waals surface area contributed by atoms with Gasteiger partial charge in [0.15, 0.2) is 0 Å². The molecule has 3 nitrogen and oxygen atoms in total. The first-order chi connectivity index (χ1) is 8.97. The first-order valence-corrected chi connectivity index (χ1v) is 6.48. The average Bonchev–Trinajstić information content (AvgIpc) is 2.37. The highest BCUT2D eigenvalue weighted by Gasteiger charge is 2.25. The third-order valence-corrected chi connectivity index (χ3v) is 3.68. The van der Waals surface area contributed by atoms with Crippen molar-refractivity contribution in [3.63, 3.8) is 0 Å². The third-order valence-electron chi connectivity index (χ3n) is 3.68. The monoisotopic (exact) mass is 268 g/mol. The fourth-order valence-electron chi connectivity index (χ4n) is 2.49. The van der Waals surface area contributed by atoms with Crippen molar-refractivity contribution in [1.29, 1.82) is 0 Å². The number of hydrogen-bond donors (Lipinski definition) is 1. The molecule has 0 spiro atoms. The number of carbonyl (C=O) groups is 1. The number of rotatable bonds is 2. The van der Waals surface area contributed by atoms with E-state index < -0.39 is 11.6 Å². The number of carbonyl (C=O) groups excluding carboxylic acids is 1. The molecule has 1 atom stereocenters. The number of nitrogens with zero attached hydrogens (tertiary/aromatic N) is 1. The molecule has 1 aliphatic rings. The maximum atomic E-state index is 13.1. The van der Waals surface area contributed by atoms with Crippen molar-refractivity contribution in [3.05, 3.63) is 35.4 Å². The predicted octanol–water partition coefficient (Wildman–Crippen LogP) is 2.16. The molecule has 1 amide bonds. The number of nitrogens with two attached hydrogens (primary N) is 1. The SMILES string of the molecule is CC(N)C1CCN(C(=O)c2cc(F)cc(F)c2)CC1. The Bertz CT molecular complexity index is 448. The molecule has 5 heteroatoms. The van der Waals surface area contributed by atoms with Crippen molar-refractivity contribution in [2.45, 2.75) is 25.8 Å². The highest BCUT2D eigenvalue weighted by molar-refractivity contribution is 5.94. The molecule has 0 aliphatic carbocycles. The van der Waals surface area contributed by atoms with E-state index in [2.05, 4.69) is 0 Å². The fraction of sp³-hybridized carbons (Fsp3) is 0.500. The minimum Gasteiger partial charge on any atom is -0.339 e. The van der Waals surface area contributed by atoms with Crippen LogP contribution in [0, 0.1) is 17.6 Å². The van der Waals surface area contributed by atoms with Gasteiger partial charge in [0.1, 0.15) is 11.6 Å². The first-order valence-electron chi connectivity index (χ1n) is 6.48. The van der Waals surface area contributed by atoms with E-state index in [1.807, 2.05) is 6.92 Å². The molecule has 1 aromatic carbocycles. The van der Waals surface area contributed by atoms with Crippen LogP contribution in [0.3, 0.4) is 0 Å². The van der Waals surface area contributed by atoms with Gasteiger partial charge in [-0.2, -0.15) is 0 Å². The van der Waals surface area contributed by atoms with Gasteiger partial charge >= 0.3 is 0 Å². The summed E-state index contributed by atoms with van der Waals surface area (Å²) in [6.45, 7) is 3.14. The van der Waals surface area contributed by atoms with Gasteiger partial charge in [0.25, 0.3) is 5.91 Å². The second-order valence-electron chi connectivity index (χ2n) is 5.15. The average molecular weight is 268 g/mol. The van der Waals surface area contributed by atoms with Crippen LogP contribution in [0.2, 0.25) is 0 Å². The van der Waals surface area contributed by atoms with Crippen molar-refractivity contribution in [2.75, 3.05) is 13.1 Å². The molecular weight excluding hydrogens is 250 g/mol. The van der Waals surface area contributed by atoms with E-state index in [0.717, 1.165) is 31.0 Å². The molecule has 1 fully saturated rings. The lowest BCUT2D eigenvalue weighted by Gasteiger charge is -2.33. The van der Waals surface area contributed by atoms with Crippen LogP contribution < -0.4 is 5.73 Å². The minimum absolute atomic E-state index is 0.0664.